The first-order valence-electron chi connectivity index (χ1n) is 5.17. The van der Waals surface area contributed by atoms with Gasteiger partial charge in [0, 0.05) is 23.4 Å². The summed E-state index contributed by atoms with van der Waals surface area (Å²) in [6, 6.07) is 7.89. The summed E-state index contributed by atoms with van der Waals surface area (Å²) < 4.78 is 1.22. The first-order valence-corrected chi connectivity index (χ1v) is 6.05. The second-order valence-corrected chi connectivity index (χ2v) is 4.50. The Kier molecular flexibility index (Phi) is 3.54. The minimum absolute atomic E-state index is 0.0522. The zero-order chi connectivity index (χ0) is 11.4. The van der Waals surface area contributed by atoms with Crippen LogP contribution in [0.3, 0.4) is 0 Å². The third-order valence-corrected chi connectivity index (χ3v) is 3.20. The summed E-state index contributed by atoms with van der Waals surface area (Å²) in [6.45, 7) is 0.0526. The number of carbonyl (C=O) groups excluding carboxylic acids is 1. The van der Waals surface area contributed by atoms with Gasteiger partial charge in [-0.1, -0.05) is 0 Å². The van der Waals surface area contributed by atoms with Gasteiger partial charge in [-0.05, 0) is 41.5 Å². The van der Waals surface area contributed by atoms with Crippen LogP contribution in [0.4, 0.5) is 5.69 Å². The molecule has 1 heterocycles. The normalized spacial score (nSPS) is 10.6. The number of anilines is 1. The zero-order valence-electron chi connectivity index (χ0n) is 8.77. The van der Waals surface area contributed by atoms with E-state index in [9.17, 15) is 4.79 Å². The molecule has 2 rings (SSSR count). The minimum Gasteiger partial charge on any atom is -0.396 e. The van der Waals surface area contributed by atoms with Gasteiger partial charge in [-0.15, -0.1) is 11.3 Å². The van der Waals surface area contributed by atoms with Gasteiger partial charge in [0.05, 0.1) is 0 Å². The molecule has 1 aromatic carbocycles. The smallest absolute Gasteiger partial charge is 0.224 e. The summed E-state index contributed by atoms with van der Waals surface area (Å²) in [5.74, 6) is -0.0522. The maximum atomic E-state index is 11.4. The molecule has 0 radical (unpaired) electrons. The monoisotopic (exact) mass is 235 g/mol. The molecule has 0 saturated carbocycles. The first-order chi connectivity index (χ1) is 7.79. The lowest BCUT2D eigenvalue weighted by Crippen LogP contribution is -2.11. The zero-order valence-corrected chi connectivity index (χ0v) is 9.59. The lowest BCUT2D eigenvalue weighted by atomic mass is 10.2. The SMILES string of the molecule is O=C(CCCO)Nc1ccc2sccc2c1. The molecule has 0 aliphatic rings. The number of nitrogens with one attached hydrogen (secondary N) is 1. The van der Waals surface area contributed by atoms with Crippen molar-refractivity contribution < 1.29 is 9.90 Å². The van der Waals surface area contributed by atoms with Crippen molar-refractivity contribution in [3.63, 3.8) is 0 Å². The minimum atomic E-state index is -0.0522. The summed E-state index contributed by atoms with van der Waals surface area (Å²) in [6.07, 6.45) is 0.866. The Morgan fingerprint density at radius 3 is 3.06 bits per heavy atom. The molecule has 0 bridgehead atoms. The number of benzene rings is 1. The Bertz CT molecular complexity index is 492. The third-order valence-electron chi connectivity index (χ3n) is 2.30. The van der Waals surface area contributed by atoms with Crippen LogP contribution >= 0.6 is 11.3 Å². The molecular formula is C12H13NO2S. The van der Waals surface area contributed by atoms with Crippen LogP contribution in [0.1, 0.15) is 12.8 Å². The van der Waals surface area contributed by atoms with Gasteiger partial charge >= 0.3 is 0 Å². The lowest BCUT2D eigenvalue weighted by Gasteiger charge is -2.04. The fourth-order valence-electron chi connectivity index (χ4n) is 1.51. The first kappa shape index (κ1) is 11.1. The molecule has 0 spiro atoms. The van der Waals surface area contributed by atoms with Crippen LogP contribution in [0.5, 0.6) is 0 Å². The summed E-state index contributed by atoms with van der Waals surface area (Å²) in [5, 5.41) is 14.6. The van der Waals surface area contributed by atoms with E-state index in [4.69, 9.17) is 5.11 Å². The van der Waals surface area contributed by atoms with E-state index >= 15 is 0 Å². The van der Waals surface area contributed by atoms with Crippen LogP contribution in [-0.2, 0) is 4.79 Å². The van der Waals surface area contributed by atoms with Gasteiger partial charge < -0.3 is 10.4 Å². The number of amides is 1. The Labute approximate surface area is 97.7 Å². The second kappa shape index (κ2) is 5.09. The number of fused-ring (bicyclic) bond motifs is 1. The average molecular weight is 235 g/mol. The van der Waals surface area contributed by atoms with Crippen molar-refractivity contribution in [2.75, 3.05) is 11.9 Å². The number of rotatable bonds is 4. The molecule has 1 aromatic heterocycles. The van der Waals surface area contributed by atoms with Gasteiger partial charge in [0.25, 0.3) is 0 Å². The van der Waals surface area contributed by atoms with Gasteiger partial charge in [0.1, 0.15) is 0 Å². The molecule has 0 aliphatic carbocycles. The molecule has 0 fully saturated rings. The average Bonchev–Trinajstić information content (AvgIpc) is 2.73. The van der Waals surface area contributed by atoms with E-state index < -0.39 is 0 Å². The molecule has 2 aromatic rings. The van der Waals surface area contributed by atoms with Crippen molar-refractivity contribution >= 4 is 33.0 Å². The topological polar surface area (TPSA) is 49.3 Å². The molecule has 16 heavy (non-hydrogen) atoms. The predicted molar refractivity (Wildman–Crippen MR) is 66.8 cm³/mol. The lowest BCUT2D eigenvalue weighted by molar-refractivity contribution is -0.116. The Morgan fingerprint density at radius 2 is 2.25 bits per heavy atom. The Hall–Kier alpha value is -1.39. The number of hydrogen-bond donors (Lipinski definition) is 2. The summed E-state index contributed by atoms with van der Waals surface area (Å²) in [7, 11) is 0. The van der Waals surface area contributed by atoms with Gasteiger partial charge in [-0.3, -0.25) is 4.79 Å². The fourth-order valence-corrected chi connectivity index (χ4v) is 2.28. The van der Waals surface area contributed by atoms with Crippen molar-refractivity contribution in [3.05, 3.63) is 29.6 Å². The number of thiophene rings is 1. The molecule has 3 nitrogen and oxygen atoms in total. The van der Waals surface area contributed by atoms with Gasteiger partial charge in [0.2, 0.25) is 5.91 Å². The van der Waals surface area contributed by atoms with Crippen molar-refractivity contribution in [1.29, 1.82) is 0 Å². The largest absolute Gasteiger partial charge is 0.396 e. The van der Waals surface area contributed by atoms with Gasteiger partial charge in [-0.25, -0.2) is 0 Å². The molecule has 0 aliphatic heterocycles. The fraction of sp³-hybridized carbons (Fsp3) is 0.250. The molecule has 2 N–H and O–H groups in total. The number of carbonyl (C=O) groups is 1. The summed E-state index contributed by atoms with van der Waals surface area (Å²) in [5.41, 5.74) is 0.814. The van der Waals surface area contributed by atoms with Crippen molar-refractivity contribution in [2.45, 2.75) is 12.8 Å². The second-order valence-electron chi connectivity index (χ2n) is 3.55. The van der Waals surface area contributed by atoms with Crippen LogP contribution in [0.15, 0.2) is 29.6 Å². The molecular weight excluding hydrogens is 222 g/mol. The molecule has 0 saturated heterocycles. The quantitative estimate of drug-likeness (QED) is 0.855. The van der Waals surface area contributed by atoms with Crippen molar-refractivity contribution in [3.8, 4) is 0 Å². The van der Waals surface area contributed by atoms with E-state index in [0.29, 0.717) is 12.8 Å². The summed E-state index contributed by atoms with van der Waals surface area (Å²) >= 11 is 1.68. The molecule has 84 valence electrons. The third kappa shape index (κ3) is 2.59. The highest BCUT2D eigenvalue weighted by Gasteiger charge is 2.02. The molecule has 0 unspecified atom stereocenters. The number of hydrogen-bond acceptors (Lipinski definition) is 3. The number of aliphatic hydroxyl groups excluding tert-OH is 1. The van der Waals surface area contributed by atoms with E-state index in [1.165, 1.54) is 4.70 Å². The highest BCUT2D eigenvalue weighted by molar-refractivity contribution is 7.17. The van der Waals surface area contributed by atoms with Crippen LogP contribution in [0.2, 0.25) is 0 Å². The van der Waals surface area contributed by atoms with Crippen molar-refractivity contribution in [1.82, 2.24) is 0 Å². The highest BCUT2D eigenvalue weighted by Crippen LogP contribution is 2.23. The van der Waals surface area contributed by atoms with E-state index in [-0.39, 0.29) is 12.5 Å². The maximum absolute atomic E-state index is 11.4. The molecule has 4 heteroatoms. The van der Waals surface area contributed by atoms with Gasteiger partial charge in [-0.2, -0.15) is 0 Å². The Balaban J connectivity index is 2.06. The van der Waals surface area contributed by atoms with Gasteiger partial charge in [0.15, 0.2) is 0 Å². The van der Waals surface area contributed by atoms with E-state index in [2.05, 4.69) is 5.32 Å². The standard InChI is InChI=1S/C12H13NO2S/c14-6-1-2-12(15)13-10-3-4-11-9(8-10)5-7-16-11/h3-5,7-8,14H,1-2,6H2,(H,13,15). The highest BCUT2D eigenvalue weighted by atomic mass is 32.1. The predicted octanol–water partition coefficient (Wildman–Crippen LogP) is 2.61. The van der Waals surface area contributed by atoms with Crippen LogP contribution in [0, 0.1) is 0 Å². The van der Waals surface area contributed by atoms with Crippen molar-refractivity contribution in [2.24, 2.45) is 0 Å². The van der Waals surface area contributed by atoms with E-state index in [1.54, 1.807) is 11.3 Å². The van der Waals surface area contributed by atoms with E-state index in [0.717, 1.165) is 11.1 Å². The maximum Gasteiger partial charge on any atom is 0.224 e. The van der Waals surface area contributed by atoms with Crippen LogP contribution < -0.4 is 5.32 Å². The summed E-state index contributed by atoms with van der Waals surface area (Å²) in [4.78, 5) is 11.4. The molecule has 0 atom stereocenters. The Morgan fingerprint density at radius 1 is 1.38 bits per heavy atom. The van der Waals surface area contributed by atoms with Crippen LogP contribution in [-0.4, -0.2) is 17.6 Å². The van der Waals surface area contributed by atoms with Crippen LogP contribution in [0.25, 0.3) is 10.1 Å². The molecule has 1 amide bonds. The van der Waals surface area contributed by atoms with E-state index in [1.807, 2.05) is 29.6 Å². The number of aliphatic hydroxyl groups is 1.